The molecule has 0 aromatic heterocycles. The molecule has 1 aromatic rings. The molecule has 0 saturated heterocycles. The van der Waals surface area contributed by atoms with E-state index in [1.54, 1.807) is 38.4 Å². The molecule has 0 radical (unpaired) electrons. The van der Waals surface area contributed by atoms with E-state index in [-0.39, 0.29) is 37.4 Å². The molecule has 0 aliphatic carbocycles. The molecule has 1 atom stereocenters. The molecule has 1 unspecified atom stereocenters. The Balaban J connectivity index is 2.32. The van der Waals surface area contributed by atoms with Crippen LogP contribution in [-0.2, 0) is 14.4 Å². The number of carbonyl (C=O) groups excluding carboxylic acids is 3. The summed E-state index contributed by atoms with van der Waals surface area (Å²) in [6.07, 6.45) is 0.842. The first kappa shape index (κ1) is 20.4. The number of likely N-dealkylation sites (N-methyl/N-ethyl adjacent to an activating group) is 1. The Morgan fingerprint density at radius 3 is 2.48 bits per heavy atom. The van der Waals surface area contributed by atoms with Gasteiger partial charge in [0.2, 0.25) is 5.91 Å². The highest BCUT2D eigenvalue weighted by Crippen LogP contribution is 2.16. The summed E-state index contributed by atoms with van der Waals surface area (Å²) in [5.41, 5.74) is 0.634. The molecule has 0 fully saturated rings. The predicted molar refractivity (Wildman–Crippen MR) is 94.6 cm³/mol. The second kappa shape index (κ2) is 11.0. The minimum atomic E-state index is -0.279. The van der Waals surface area contributed by atoms with Crippen molar-refractivity contribution >= 4 is 23.4 Å². The minimum Gasteiger partial charge on any atom is -0.497 e. The van der Waals surface area contributed by atoms with E-state index >= 15 is 0 Å². The zero-order chi connectivity index (χ0) is 18.7. The van der Waals surface area contributed by atoms with Crippen LogP contribution in [0.5, 0.6) is 5.75 Å². The molecule has 8 heteroatoms. The van der Waals surface area contributed by atoms with Crippen LogP contribution in [0, 0.1) is 0 Å². The van der Waals surface area contributed by atoms with Gasteiger partial charge in [-0.1, -0.05) is 13.0 Å². The molecular weight excluding hydrogens is 324 g/mol. The second-order valence-corrected chi connectivity index (χ2v) is 5.72. The van der Waals surface area contributed by atoms with E-state index < -0.39 is 0 Å². The van der Waals surface area contributed by atoms with Gasteiger partial charge in [0.05, 0.1) is 20.7 Å². The van der Waals surface area contributed by atoms with Gasteiger partial charge in [-0.2, -0.15) is 0 Å². The average molecular weight is 351 g/mol. The number of amides is 3. The van der Waals surface area contributed by atoms with Gasteiger partial charge in [0.25, 0.3) is 11.8 Å². The Morgan fingerprint density at radius 1 is 1.08 bits per heavy atom. The molecule has 0 heterocycles. The topological polar surface area (TPSA) is 101 Å². The van der Waals surface area contributed by atoms with Crippen molar-refractivity contribution in [3.8, 4) is 5.75 Å². The van der Waals surface area contributed by atoms with Crippen LogP contribution in [0.25, 0.3) is 0 Å². The summed E-state index contributed by atoms with van der Waals surface area (Å²) in [6.45, 7) is 2.72. The monoisotopic (exact) mass is 351 g/mol. The molecule has 8 nitrogen and oxygen atoms in total. The minimum absolute atomic E-state index is 0.0535. The van der Waals surface area contributed by atoms with Gasteiger partial charge >= 0.3 is 0 Å². The van der Waals surface area contributed by atoms with Gasteiger partial charge in [0, 0.05) is 18.3 Å². The lowest BCUT2D eigenvalue weighted by Gasteiger charge is -2.14. The number of nitrogens with one attached hydrogen (secondary N) is 4. The van der Waals surface area contributed by atoms with Gasteiger partial charge in [0.1, 0.15) is 5.75 Å². The van der Waals surface area contributed by atoms with Crippen LogP contribution in [0.1, 0.15) is 13.3 Å². The molecule has 0 spiro atoms. The number of hydrogen-bond acceptors (Lipinski definition) is 4. The van der Waals surface area contributed by atoms with Crippen LogP contribution in [0.4, 0.5) is 5.69 Å². The van der Waals surface area contributed by atoms with Crippen molar-refractivity contribution in [2.45, 2.75) is 13.3 Å². The van der Waals surface area contributed by atoms with Crippen LogP contribution in [0.2, 0.25) is 0 Å². The van der Waals surface area contributed by atoms with Gasteiger partial charge in [-0.15, -0.1) is 0 Å². The van der Waals surface area contributed by atoms with Crippen molar-refractivity contribution in [1.29, 1.82) is 0 Å². The van der Waals surface area contributed by atoms with Gasteiger partial charge in [-0.05, 0) is 18.6 Å². The Bertz CT molecular complexity index is 592. The van der Waals surface area contributed by atoms with E-state index in [4.69, 9.17) is 4.74 Å². The van der Waals surface area contributed by atoms with Crippen LogP contribution in [0.15, 0.2) is 24.3 Å². The fourth-order valence-corrected chi connectivity index (χ4v) is 2.08. The first-order valence-corrected chi connectivity index (χ1v) is 8.23. The summed E-state index contributed by atoms with van der Waals surface area (Å²) in [5.74, 6) is -0.0552. The van der Waals surface area contributed by atoms with Gasteiger partial charge in [-0.25, -0.2) is 0 Å². The maximum absolute atomic E-state index is 12.0. The average Bonchev–Trinajstić information content (AvgIpc) is 2.57. The molecule has 25 heavy (non-hydrogen) atoms. The maximum atomic E-state index is 12.0. The highest BCUT2D eigenvalue weighted by Gasteiger charge is 2.15. The molecule has 138 valence electrons. The number of hydrogen-bond donors (Lipinski definition) is 4. The lowest BCUT2D eigenvalue weighted by atomic mass is 10.3. The van der Waals surface area contributed by atoms with Crippen LogP contribution in [0.3, 0.4) is 0 Å². The van der Waals surface area contributed by atoms with Crippen molar-refractivity contribution in [3.63, 3.8) is 0 Å². The molecule has 1 rings (SSSR count). The van der Waals surface area contributed by atoms with Crippen molar-refractivity contribution in [1.82, 2.24) is 10.6 Å². The summed E-state index contributed by atoms with van der Waals surface area (Å²) >= 11 is 0. The normalized spacial score (nSPS) is 11.3. The number of ether oxygens (including phenoxy) is 1. The number of quaternary nitrogens is 1. The first-order chi connectivity index (χ1) is 11.9. The zero-order valence-electron chi connectivity index (χ0n) is 15.0. The number of anilines is 1. The molecule has 4 N–H and O–H groups in total. The Hall–Kier alpha value is -2.61. The predicted octanol–water partition coefficient (Wildman–Crippen LogP) is -1.21. The van der Waals surface area contributed by atoms with E-state index in [2.05, 4.69) is 16.0 Å². The van der Waals surface area contributed by atoms with E-state index in [9.17, 15) is 14.4 Å². The van der Waals surface area contributed by atoms with Crippen LogP contribution in [-0.4, -0.2) is 58.1 Å². The lowest BCUT2D eigenvalue weighted by Crippen LogP contribution is -3.11. The van der Waals surface area contributed by atoms with Crippen molar-refractivity contribution in [2.75, 3.05) is 45.7 Å². The number of rotatable bonds is 10. The Kier molecular flexibility index (Phi) is 9.02. The van der Waals surface area contributed by atoms with Crippen LogP contribution >= 0.6 is 0 Å². The van der Waals surface area contributed by atoms with Crippen LogP contribution < -0.4 is 25.6 Å². The van der Waals surface area contributed by atoms with E-state index in [1.807, 2.05) is 6.92 Å². The maximum Gasteiger partial charge on any atom is 0.279 e. The summed E-state index contributed by atoms with van der Waals surface area (Å²) in [6, 6.07) is 7.04. The zero-order valence-corrected chi connectivity index (χ0v) is 15.0. The number of benzene rings is 1. The standard InChI is InChI=1S/C17H26N4O4/c1-4-8-18-15(22)10-19-16(23)11-21(2)12-17(24)20-13-6-5-7-14(9-13)25-3/h5-7,9H,4,8,10-12H2,1-3H3,(H,18,22)(H,19,23)(H,20,24)/p+1. The molecule has 1 aromatic carbocycles. The fraction of sp³-hybridized carbons (Fsp3) is 0.471. The third kappa shape index (κ3) is 8.71. The highest BCUT2D eigenvalue weighted by atomic mass is 16.5. The SMILES string of the molecule is CCCNC(=O)CNC(=O)C[NH+](C)CC(=O)Nc1cccc(OC)c1. The van der Waals surface area contributed by atoms with E-state index in [0.717, 1.165) is 6.42 Å². The van der Waals surface area contributed by atoms with E-state index in [0.29, 0.717) is 22.9 Å². The molecule has 0 aliphatic rings. The van der Waals surface area contributed by atoms with Gasteiger partial charge in [-0.3, -0.25) is 14.4 Å². The second-order valence-electron chi connectivity index (χ2n) is 5.72. The Morgan fingerprint density at radius 2 is 1.80 bits per heavy atom. The Labute approximate surface area is 147 Å². The quantitative estimate of drug-likeness (QED) is 0.425. The molecule has 0 aliphatic heterocycles. The summed E-state index contributed by atoms with van der Waals surface area (Å²) < 4.78 is 5.10. The number of carbonyl (C=O) groups is 3. The molecule has 0 bridgehead atoms. The summed E-state index contributed by atoms with van der Waals surface area (Å²) in [5, 5.41) is 7.97. The lowest BCUT2D eigenvalue weighted by molar-refractivity contribution is -0.862. The smallest absolute Gasteiger partial charge is 0.279 e. The fourth-order valence-electron chi connectivity index (χ4n) is 2.08. The van der Waals surface area contributed by atoms with Crippen molar-refractivity contribution in [3.05, 3.63) is 24.3 Å². The highest BCUT2D eigenvalue weighted by molar-refractivity contribution is 5.91. The third-order valence-corrected chi connectivity index (χ3v) is 3.30. The van der Waals surface area contributed by atoms with Crippen molar-refractivity contribution in [2.24, 2.45) is 0 Å². The van der Waals surface area contributed by atoms with Crippen molar-refractivity contribution < 1.29 is 24.0 Å². The molecular formula is C17H27N4O4+. The first-order valence-electron chi connectivity index (χ1n) is 8.23. The summed E-state index contributed by atoms with van der Waals surface area (Å²) in [4.78, 5) is 35.9. The largest absolute Gasteiger partial charge is 0.497 e. The molecule has 0 saturated carbocycles. The van der Waals surface area contributed by atoms with E-state index in [1.165, 1.54) is 0 Å². The number of methoxy groups -OCH3 is 1. The van der Waals surface area contributed by atoms with Gasteiger partial charge in [0.15, 0.2) is 13.1 Å². The summed E-state index contributed by atoms with van der Waals surface area (Å²) in [7, 11) is 3.29. The molecule has 3 amide bonds. The van der Waals surface area contributed by atoms with Gasteiger partial charge < -0.3 is 25.6 Å². The third-order valence-electron chi connectivity index (χ3n) is 3.30.